The molecule has 1 amide bonds. The predicted molar refractivity (Wildman–Crippen MR) is 100.0 cm³/mol. The number of thioether (sulfide) groups is 1. The van der Waals surface area contributed by atoms with Crippen LogP contribution in [0, 0.1) is 6.92 Å². The molecule has 6 heteroatoms. The van der Waals surface area contributed by atoms with Crippen LogP contribution in [-0.2, 0) is 9.59 Å². The fraction of sp³-hybridized carbons (Fsp3) is 0.211. The second-order valence-corrected chi connectivity index (χ2v) is 6.88. The summed E-state index contributed by atoms with van der Waals surface area (Å²) in [6.07, 6.45) is 1.54. The van der Waals surface area contributed by atoms with Crippen molar-refractivity contribution in [3.8, 4) is 5.75 Å². The number of carbonyl (C=O) groups excluding carboxylic acids is 2. The maximum Gasteiger partial charge on any atom is 0.308 e. The van der Waals surface area contributed by atoms with Crippen molar-refractivity contribution >= 4 is 29.9 Å². The van der Waals surface area contributed by atoms with E-state index in [0.717, 1.165) is 10.5 Å². The number of nitrogens with one attached hydrogen (secondary N) is 1. The largest absolute Gasteiger partial charge is 0.427 e. The minimum absolute atomic E-state index is 0.168. The van der Waals surface area contributed by atoms with Gasteiger partial charge in [-0.25, -0.2) is 5.43 Å². The molecule has 0 unspecified atom stereocenters. The monoisotopic (exact) mass is 356 g/mol. The molecule has 2 aromatic rings. The van der Waals surface area contributed by atoms with Gasteiger partial charge in [-0.15, -0.1) is 11.8 Å². The van der Waals surface area contributed by atoms with E-state index < -0.39 is 0 Å². The zero-order valence-electron chi connectivity index (χ0n) is 14.4. The van der Waals surface area contributed by atoms with Gasteiger partial charge in [0.25, 0.3) is 5.91 Å². The summed E-state index contributed by atoms with van der Waals surface area (Å²) in [5.74, 6) is -0.0658. The molecule has 1 N–H and O–H groups in total. The SMILES string of the molecule is CC(=O)Oc1ccc(/C=N\NC(=O)[C@@H](C)Sc2ccc(C)cc2)cc1. The third kappa shape index (κ3) is 6.43. The zero-order valence-corrected chi connectivity index (χ0v) is 15.2. The van der Waals surface area contributed by atoms with Gasteiger partial charge in [-0.2, -0.15) is 5.10 Å². The maximum atomic E-state index is 12.1. The minimum atomic E-state index is -0.367. The first-order chi connectivity index (χ1) is 11.9. The Bertz CT molecular complexity index is 755. The van der Waals surface area contributed by atoms with Crippen LogP contribution in [-0.4, -0.2) is 23.3 Å². The Kier molecular flexibility index (Phi) is 6.77. The van der Waals surface area contributed by atoms with Crippen molar-refractivity contribution < 1.29 is 14.3 Å². The predicted octanol–water partition coefficient (Wildman–Crippen LogP) is 3.55. The van der Waals surface area contributed by atoms with Gasteiger partial charge in [0.1, 0.15) is 5.75 Å². The number of hydrogen-bond acceptors (Lipinski definition) is 5. The summed E-state index contributed by atoms with van der Waals surface area (Å²) in [6, 6.07) is 14.9. The van der Waals surface area contributed by atoms with Crippen molar-refractivity contribution in [2.75, 3.05) is 0 Å². The van der Waals surface area contributed by atoms with Gasteiger partial charge in [0, 0.05) is 11.8 Å². The second kappa shape index (κ2) is 9.03. The molecule has 0 radical (unpaired) electrons. The topological polar surface area (TPSA) is 67.8 Å². The molecule has 0 bridgehead atoms. The number of amides is 1. The van der Waals surface area contributed by atoms with Gasteiger partial charge in [0.15, 0.2) is 0 Å². The summed E-state index contributed by atoms with van der Waals surface area (Å²) in [4.78, 5) is 24.0. The van der Waals surface area contributed by atoms with E-state index in [4.69, 9.17) is 4.74 Å². The molecular formula is C19H20N2O3S. The minimum Gasteiger partial charge on any atom is -0.427 e. The third-order valence-electron chi connectivity index (χ3n) is 3.23. The molecule has 0 aliphatic carbocycles. The van der Waals surface area contributed by atoms with Crippen molar-refractivity contribution in [1.82, 2.24) is 5.43 Å². The van der Waals surface area contributed by atoms with Crippen LogP contribution in [0.3, 0.4) is 0 Å². The Hall–Kier alpha value is -2.60. The quantitative estimate of drug-likeness (QED) is 0.283. The molecule has 25 heavy (non-hydrogen) atoms. The van der Waals surface area contributed by atoms with Gasteiger partial charge in [-0.3, -0.25) is 9.59 Å². The van der Waals surface area contributed by atoms with Crippen LogP contribution in [0.4, 0.5) is 0 Å². The van der Waals surface area contributed by atoms with E-state index in [1.54, 1.807) is 30.5 Å². The van der Waals surface area contributed by atoms with Gasteiger partial charge in [0.05, 0.1) is 11.5 Å². The van der Waals surface area contributed by atoms with Crippen LogP contribution < -0.4 is 10.2 Å². The smallest absolute Gasteiger partial charge is 0.308 e. The highest BCUT2D eigenvalue weighted by Gasteiger charge is 2.13. The molecule has 0 aliphatic heterocycles. The fourth-order valence-electron chi connectivity index (χ4n) is 1.92. The van der Waals surface area contributed by atoms with Gasteiger partial charge < -0.3 is 4.74 Å². The first-order valence-electron chi connectivity index (χ1n) is 7.79. The first-order valence-corrected chi connectivity index (χ1v) is 8.67. The number of aryl methyl sites for hydroxylation is 1. The molecular weight excluding hydrogens is 336 g/mol. The Labute approximate surface area is 151 Å². The maximum absolute atomic E-state index is 12.1. The molecule has 0 spiro atoms. The lowest BCUT2D eigenvalue weighted by Gasteiger charge is -2.09. The Morgan fingerprint density at radius 3 is 2.36 bits per heavy atom. The van der Waals surface area contributed by atoms with E-state index in [0.29, 0.717) is 5.75 Å². The highest BCUT2D eigenvalue weighted by Crippen LogP contribution is 2.23. The number of hydrogen-bond donors (Lipinski definition) is 1. The van der Waals surface area contributed by atoms with Crippen molar-refractivity contribution in [3.63, 3.8) is 0 Å². The number of rotatable bonds is 6. The van der Waals surface area contributed by atoms with E-state index in [1.807, 2.05) is 38.1 Å². The Balaban J connectivity index is 1.84. The molecule has 0 saturated heterocycles. The summed E-state index contributed by atoms with van der Waals surface area (Å²) < 4.78 is 4.95. The lowest BCUT2D eigenvalue weighted by atomic mass is 10.2. The van der Waals surface area contributed by atoms with Gasteiger partial charge in [-0.05, 0) is 55.8 Å². The van der Waals surface area contributed by atoms with Crippen LogP contribution in [0.5, 0.6) is 5.75 Å². The molecule has 130 valence electrons. The summed E-state index contributed by atoms with van der Waals surface area (Å²) in [5, 5.41) is 3.71. The van der Waals surface area contributed by atoms with Crippen molar-refractivity contribution in [2.24, 2.45) is 5.10 Å². The van der Waals surface area contributed by atoms with Crippen LogP contribution in [0.15, 0.2) is 58.5 Å². The highest BCUT2D eigenvalue weighted by molar-refractivity contribution is 8.00. The molecule has 5 nitrogen and oxygen atoms in total. The third-order valence-corrected chi connectivity index (χ3v) is 4.35. The number of hydrazone groups is 1. The lowest BCUT2D eigenvalue weighted by Crippen LogP contribution is -2.26. The summed E-state index contributed by atoms with van der Waals surface area (Å²) in [5.41, 5.74) is 4.51. The molecule has 0 saturated carbocycles. The average Bonchev–Trinajstić information content (AvgIpc) is 2.58. The second-order valence-electron chi connectivity index (χ2n) is 5.47. The van der Waals surface area contributed by atoms with E-state index in [9.17, 15) is 9.59 Å². The molecule has 0 aliphatic rings. The Morgan fingerprint density at radius 1 is 1.12 bits per heavy atom. The number of carbonyl (C=O) groups is 2. The van der Waals surface area contributed by atoms with Crippen molar-refractivity contribution in [1.29, 1.82) is 0 Å². The van der Waals surface area contributed by atoms with Crippen LogP contribution in [0.2, 0.25) is 0 Å². The number of nitrogens with zero attached hydrogens (tertiary/aromatic N) is 1. The molecule has 2 rings (SSSR count). The lowest BCUT2D eigenvalue weighted by molar-refractivity contribution is -0.131. The standard InChI is InChI=1S/C19H20N2O3S/c1-13-4-10-18(11-5-13)25-14(2)19(23)21-20-12-16-6-8-17(9-7-16)24-15(3)22/h4-12,14H,1-3H3,(H,21,23)/b20-12-/t14-/m1/s1. The molecule has 0 aromatic heterocycles. The molecule has 0 fully saturated rings. The number of benzene rings is 2. The normalized spacial score (nSPS) is 12.0. The van der Waals surface area contributed by atoms with Crippen LogP contribution >= 0.6 is 11.8 Å². The first kappa shape index (κ1) is 18.7. The van der Waals surface area contributed by atoms with E-state index in [-0.39, 0.29) is 17.1 Å². The summed E-state index contributed by atoms with van der Waals surface area (Å²) in [7, 11) is 0. The number of esters is 1. The molecule has 2 aromatic carbocycles. The van der Waals surface area contributed by atoms with Gasteiger partial charge >= 0.3 is 5.97 Å². The Morgan fingerprint density at radius 2 is 1.76 bits per heavy atom. The highest BCUT2D eigenvalue weighted by atomic mass is 32.2. The van der Waals surface area contributed by atoms with Crippen molar-refractivity contribution in [2.45, 2.75) is 30.9 Å². The van der Waals surface area contributed by atoms with Crippen molar-refractivity contribution in [3.05, 3.63) is 59.7 Å². The van der Waals surface area contributed by atoms with E-state index >= 15 is 0 Å². The molecule has 1 atom stereocenters. The average molecular weight is 356 g/mol. The molecule has 0 heterocycles. The number of ether oxygens (including phenoxy) is 1. The van der Waals surface area contributed by atoms with Crippen LogP contribution in [0.1, 0.15) is 25.0 Å². The van der Waals surface area contributed by atoms with E-state index in [2.05, 4.69) is 10.5 Å². The van der Waals surface area contributed by atoms with Gasteiger partial charge in [-0.1, -0.05) is 17.7 Å². The summed E-state index contributed by atoms with van der Waals surface area (Å²) in [6.45, 7) is 5.21. The summed E-state index contributed by atoms with van der Waals surface area (Å²) >= 11 is 1.48. The zero-order chi connectivity index (χ0) is 18.2. The van der Waals surface area contributed by atoms with Crippen LogP contribution in [0.25, 0.3) is 0 Å². The van der Waals surface area contributed by atoms with Gasteiger partial charge in [0.2, 0.25) is 0 Å². The van der Waals surface area contributed by atoms with E-state index in [1.165, 1.54) is 24.2 Å². The fourth-order valence-corrected chi connectivity index (χ4v) is 2.78.